The fourth-order valence-corrected chi connectivity index (χ4v) is 4.79. The molecule has 2 aromatic carbocycles. The van der Waals surface area contributed by atoms with Crippen LogP contribution in [-0.2, 0) is 11.2 Å². The van der Waals surface area contributed by atoms with Gasteiger partial charge in [0, 0.05) is 12.1 Å². The molecule has 0 unspecified atom stereocenters. The van der Waals surface area contributed by atoms with Crippen molar-refractivity contribution < 1.29 is 14.3 Å². The molecule has 1 amide bonds. The molecule has 0 radical (unpaired) electrons. The van der Waals surface area contributed by atoms with Crippen LogP contribution in [0.3, 0.4) is 0 Å². The number of benzene rings is 2. The molecule has 33 heavy (non-hydrogen) atoms. The van der Waals surface area contributed by atoms with E-state index in [0.29, 0.717) is 24.1 Å². The van der Waals surface area contributed by atoms with Gasteiger partial charge in [-0.3, -0.25) is 4.79 Å². The van der Waals surface area contributed by atoms with Crippen molar-refractivity contribution in [2.24, 2.45) is 0 Å². The third kappa shape index (κ3) is 5.24. The van der Waals surface area contributed by atoms with E-state index in [2.05, 4.69) is 27.9 Å². The molecule has 1 aliphatic rings. The van der Waals surface area contributed by atoms with Crippen molar-refractivity contribution in [2.45, 2.75) is 50.1 Å². The number of ether oxygens (including phenoxy) is 2. The fourth-order valence-electron chi connectivity index (χ4n) is 3.69. The first-order valence-corrected chi connectivity index (χ1v) is 12.1. The van der Waals surface area contributed by atoms with E-state index in [9.17, 15) is 4.79 Å². The number of amides is 1. The summed E-state index contributed by atoms with van der Waals surface area (Å²) in [7, 11) is 0. The number of carbonyl (C=O) groups is 1. The van der Waals surface area contributed by atoms with Gasteiger partial charge in [0.15, 0.2) is 5.82 Å². The molecule has 174 valence electrons. The third-order valence-electron chi connectivity index (χ3n) is 5.22. The third-order valence-corrected chi connectivity index (χ3v) is 6.43. The van der Waals surface area contributed by atoms with Crippen LogP contribution in [0.15, 0.2) is 53.7 Å². The molecule has 0 saturated carbocycles. The molecular weight excluding hydrogens is 438 g/mol. The monoisotopic (exact) mass is 467 g/mol. The first-order valence-electron chi connectivity index (χ1n) is 11.3. The molecule has 0 saturated heterocycles. The van der Waals surface area contributed by atoms with Crippen molar-refractivity contribution in [3.05, 3.63) is 59.9 Å². The van der Waals surface area contributed by atoms with Crippen molar-refractivity contribution >= 4 is 23.4 Å². The molecule has 4 rings (SSSR count). The van der Waals surface area contributed by atoms with E-state index in [1.165, 1.54) is 11.8 Å². The Balaban J connectivity index is 1.60. The Labute approximate surface area is 198 Å². The standard InChI is InChI=1S/C24H29N5O3S/c1-4-7-20-26-27-24-29(20)28-21(16-8-12-18(13-9-16)31-5-2)22(33-24)23(30)25-17-10-14-19(15-11-17)32-6-3/h8-15,21-22,28H,4-7H2,1-3H3,(H,25,30)/t21-,22-/m0/s1. The molecule has 9 heteroatoms. The van der Waals surface area contributed by atoms with Crippen molar-refractivity contribution in [2.75, 3.05) is 24.0 Å². The zero-order valence-electron chi connectivity index (χ0n) is 19.1. The molecule has 1 aromatic heterocycles. The van der Waals surface area contributed by atoms with Crippen molar-refractivity contribution in [1.82, 2.24) is 14.9 Å². The molecular formula is C24H29N5O3S. The number of thioether (sulfide) groups is 1. The lowest BCUT2D eigenvalue weighted by molar-refractivity contribution is -0.116. The number of hydrogen-bond acceptors (Lipinski definition) is 7. The van der Waals surface area contributed by atoms with Crippen LogP contribution < -0.4 is 20.2 Å². The average molecular weight is 468 g/mol. The maximum Gasteiger partial charge on any atom is 0.240 e. The largest absolute Gasteiger partial charge is 0.494 e. The van der Waals surface area contributed by atoms with Crippen molar-refractivity contribution in [3.63, 3.8) is 0 Å². The maximum atomic E-state index is 13.4. The summed E-state index contributed by atoms with van der Waals surface area (Å²) in [4.78, 5) is 13.4. The highest BCUT2D eigenvalue weighted by molar-refractivity contribution is 8.00. The van der Waals surface area contributed by atoms with E-state index >= 15 is 0 Å². The quantitative estimate of drug-likeness (QED) is 0.481. The van der Waals surface area contributed by atoms with Gasteiger partial charge in [0.1, 0.15) is 16.7 Å². The summed E-state index contributed by atoms with van der Waals surface area (Å²) >= 11 is 1.42. The van der Waals surface area contributed by atoms with Crippen LogP contribution >= 0.6 is 11.8 Å². The van der Waals surface area contributed by atoms with E-state index in [1.807, 2.05) is 67.1 Å². The zero-order valence-corrected chi connectivity index (χ0v) is 19.9. The number of aryl methyl sites for hydroxylation is 1. The number of carbonyl (C=O) groups excluding carboxylic acids is 1. The molecule has 0 aliphatic carbocycles. The second-order valence-corrected chi connectivity index (χ2v) is 8.69. The van der Waals surface area contributed by atoms with Crippen molar-refractivity contribution in [1.29, 1.82) is 0 Å². The van der Waals surface area contributed by atoms with Gasteiger partial charge >= 0.3 is 0 Å². The first-order chi connectivity index (χ1) is 16.1. The Hall–Kier alpha value is -3.20. The van der Waals surface area contributed by atoms with Gasteiger partial charge in [0.2, 0.25) is 11.1 Å². The number of nitrogens with one attached hydrogen (secondary N) is 2. The van der Waals surface area contributed by atoms with E-state index in [0.717, 1.165) is 35.7 Å². The Morgan fingerprint density at radius 3 is 2.24 bits per heavy atom. The first kappa shape index (κ1) is 23.0. The van der Waals surface area contributed by atoms with Crippen LogP contribution in [0.1, 0.15) is 44.6 Å². The number of anilines is 1. The molecule has 0 fully saturated rings. The van der Waals surface area contributed by atoms with Crippen LogP contribution in [0.25, 0.3) is 0 Å². The Morgan fingerprint density at radius 1 is 1.00 bits per heavy atom. The summed E-state index contributed by atoms with van der Waals surface area (Å²) in [5.41, 5.74) is 5.19. The SMILES string of the molecule is CCCc1nnc2n1N[C@@H](c1ccc(OCC)cc1)[C@@H](C(=O)Nc1ccc(OCC)cc1)S2. The van der Waals surface area contributed by atoms with E-state index in [4.69, 9.17) is 9.47 Å². The van der Waals surface area contributed by atoms with Gasteiger partial charge in [-0.1, -0.05) is 30.8 Å². The Bertz CT molecular complexity index is 1070. The Kier molecular flexibility index (Phi) is 7.39. The predicted octanol–water partition coefficient (Wildman–Crippen LogP) is 4.43. The van der Waals surface area contributed by atoms with Gasteiger partial charge in [-0.25, -0.2) is 4.68 Å². The summed E-state index contributed by atoms with van der Waals surface area (Å²) in [6.45, 7) is 7.20. The van der Waals surface area contributed by atoms with E-state index in [1.54, 1.807) is 0 Å². The van der Waals surface area contributed by atoms with Gasteiger partial charge in [-0.05, 0) is 62.2 Å². The number of hydrogen-bond donors (Lipinski definition) is 2. The van der Waals surface area contributed by atoms with Crippen LogP contribution in [0.5, 0.6) is 11.5 Å². The Morgan fingerprint density at radius 2 is 1.64 bits per heavy atom. The molecule has 3 aromatic rings. The highest BCUT2D eigenvalue weighted by atomic mass is 32.2. The van der Waals surface area contributed by atoms with E-state index < -0.39 is 5.25 Å². The van der Waals surface area contributed by atoms with Gasteiger partial charge in [-0.15, -0.1) is 10.2 Å². The van der Waals surface area contributed by atoms with Crippen LogP contribution in [0.2, 0.25) is 0 Å². The minimum Gasteiger partial charge on any atom is -0.494 e. The minimum absolute atomic E-state index is 0.109. The van der Waals surface area contributed by atoms with E-state index in [-0.39, 0.29) is 11.9 Å². The summed E-state index contributed by atoms with van der Waals surface area (Å²) in [5, 5.41) is 11.9. The second kappa shape index (κ2) is 10.6. The minimum atomic E-state index is -0.444. The van der Waals surface area contributed by atoms with Gasteiger partial charge in [-0.2, -0.15) is 0 Å². The topological polar surface area (TPSA) is 90.3 Å². The maximum absolute atomic E-state index is 13.4. The van der Waals surface area contributed by atoms with Gasteiger partial charge in [0.05, 0.1) is 19.3 Å². The number of fused-ring (bicyclic) bond motifs is 1. The second-order valence-electron chi connectivity index (χ2n) is 7.58. The van der Waals surface area contributed by atoms with Crippen LogP contribution in [0.4, 0.5) is 5.69 Å². The fraction of sp³-hybridized carbons (Fsp3) is 0.375. The lowest BCUT2D eigenvalue weighted by Gasteiger charge is -2.33. The highest BCUT2D eigenvalue weighted by Gasteiger charge is 2.37. The predicted molar refractivity (Wildman–Crippen MR) is 130 cm³/mol. The summed E-state index contributed by atoms with van der Waals surface area (Å²) in [6, 6.07) is 15.0. The number of aromatic nitrogens is 3. The molecule has 8 nitrogen and oxygen atoms in total. The highest BCUT2D eigenvalue weighted by Crippen LogP contribution is 2.38. The molecule has 0 bridgehead atoms. The number of nitrogens with zero attached hydrogens (tertiary/aromatic N) is 3. The van der Waals surface area contributed by atoms with Crippen molar-refractivity contribution in [3.8, 4) is 11.5 Å². The summed E-state index contributed by atoms with van der Waals surface area (Å²) in [6.07, 6.45) is 1.76. The number of rotatable bonds is 9. The summed E-state index contributed by atoms with van der Waals surface area (Å²) < 4.78 is 13.0. The average Bonchev–Trinajstić information content (AvgIpc) is 3.22. The lowest BCUT2D eigenvalue weighted by Crippen LogP contribution is -2.41. The molecule has 0 spiro atoms. The van der Waals surface area contributed by atoms with Gasteiger partial charge in [0.25, 0.3) is 0 Å². The van der Waals surface area contributed by atoms with Gasteiger partial charge < -0.3 is 20.2 Å². The smallest absolute Gasteiger partial charge is 0.240 e. The zero-order chi connectivity index (χ0) is 23.2. The molecule has 2 atom stereocenters. The molecule has 1 aliphatic heterocycles. The summed E-state index contributed by atoms with van der Waals surface area (Å²) in [5.74, 6) is 2.33. The molecule has 2 N–H and O–H groups in total. The molecule has 2 heterocycles. The van der Waals surface area contributed by atoms with Crippen LogP contribution in [0, 0.1) is 0 Å². The lowest BCUT2D eigenvalue weighted by atomic mass is 10.0. The normalized spacial score (nSPS) is 17.1. The van der Waals surface area contributed by atoms with Crippen LogP contribution in [-0.4, -0.2) is 39.2 Å².